The van der Waals surface area contributed by atoms with Crippen molar-refractivity contribution < 1.29 is 27.4 Å². The molecule has 33 heavy (non-hydrogen) atoms. The summed E-state index contributed by atoms with van der Waals surface area (Å²) in [5.41, 5.74) is 1.29. The molecule has 0 aliphatic carbocycles. The number of carbonyl (C=O) groups is 1. The van der Waals surface area contributed by atoms with Gasteiger partial charge in [0.15, 0.2) is 11.5 Å². The molecule has 1 fully saturated rings. The van der Waals surface area contributed by atoms with Gasteiger partial charge in [-0.1, -0.05) is 18.2 Å². The van der Waals surface area contributed by atoms with E-state index >= 15 is 0 Å². The van der Waals surface area contributed by atoms with Crippen LogP contribution in [0.15, 0.2) is 65.7 Å². The van der Waals surface area contributed by atoms with E-state index in [9.17, 15) is 13.2 Å². The fourth-order valence-electron chi connectivity index (χ4n) is 3.79. The largest absolute Gasteiger partial charge is 0.493 e. The average molecular weight is 489 g/mol. The van der Waals surface area contributed by atoms with Gasteiger partial charge in [0.2, 0.25) is 11.7 Å². The predicted octanol–water partition coefficient (Wildman–Crippen LogP) is 3.53. The van der Waals surface area contributed by atoms with E-state index in [4.69, 9.17) is 14.2 Å². The zero-order chi connectivity index (χ0) is 23.6. The minimum absolute atomic E-state index is 0.0800. The predicted molar refractivity (Wildman–Crippen MR) is 125 cm³/mol. The van der Waals surface area contributed by atoms with Crippen molar-refractivity contribution in [3.8, 4) is 17.2 Å². The maximum absolute atomic E-state index is 13.3. The van der Waals surface area contributed by atoms with Gasteiger partial charge < -0.3 is 19.1 Å². The molecule has 174 valence electrons. The van der Waals surface area contributed by atoms with Crippen LogP contribution in [0.25, 0.3) is 0 Å². The summed E-state index contributed by atoms with van der Waals surface area (Å²) in [5, 5.41) is -0.468. The van der Waals surface area contributed by atoms with Gasteiger partial charge >= 0.3 is 0 Å². The van der Waals surface area contributed by atoms with Crippen LogP contribution in [0.3, 0.4) is 0 Å². The highest BCUT2D eigenvalue weighted by atomic mass is 32.2. The number of carbonyl (C=O) groups excluding carboxylic acids is 1. The van der Waals surface area contributed by atoms with E-state index in [0.29, 0.717) is 22.9 Å². The average Bonchev–Trinajstić information content (AvgIpc) is 3.46. The van der Waals surface area contributed by atoms with Crippen LogP contribution in [-0.2, 0) is 21.4 Å². The van der Waals surface area contributed by atoms with Gasteiger partial charge in [0.25, 0.3) is 10.0 Å². The number of nitrogens with zero attached hydrogens (tertiary/aromatic N) is 2. The number of ether oxygens (including phenoxy) is 3. The molecule has 1 aliphatic heterocycles. The molecule has 1 amide bonds. The molecule has 1 unspecified atom stereocenters. The zero-order valence-corrected chi connectivity index (χ0v) is 20.1. The lowest BCUT2D eigenvalue weighted by molar-refractivity contribution is -0.128. The van der Waals surface area contributed by atoms with Crippen LogP contribution < -0.4 is 14.2 Å². The normalized spacial score (nSPS) is 16.2. The Morgan fingerprint density at radius 2 is 1.64 bits per heavy atom. The Kier molecular flexibility index (Phi) is 6.57. The number of hydrogen-bond donors (Lipinski definition) is 0. The zero-order valence-electron chi connectivity index (χ0n) is 18.4. The van der Waals surface area contributed by atoms with Gasteiger partial charge in [0.1, 0.15) is 5.37 Å². The molecule has 0 radical (unpaired) electrons. The Balaban J connectivity index is 1.70. The number of benzene rings is 2. The number of hydrogen-bond acceptors (Lipinski definition) is 7. The summed E-state index contributed by atoms with van der Waals surface area (Å²) in [5.74, 6) is 1.61. The molecule has 10 heteroatoms. The lowest BCUT2D eigenvalue weighted by atomic mass is 10.1. The SMILES string of the molecule is COc1cc(CN2C(=O)CSC2c2cccn2S(=O)(=O)c2ccccc2)cc(OC)c1OC. The molecule has 4 rings (SSSR count). The first-order valence-electron chi connectivity index (χ1n) is 10.1. The molecule has 2 heterocycles. The van der Waals surface area contributed by atoms with Crippen LogP contribution in [0.1, 0.15) is 16.6 Å². The first-order valence-corrected chi connectivity index (χ1v) is 12.6. The van der Waals surface area contributed by atoms with E-state index in [1.807, 2.05) is 0 Å². The second-order valence-electron chi connectivity index (χ2n) is 7.27. The van der Waals surface area contributed by atoms with Gasteiger partial charge in [-0.2, -0.15) is 0 Å². The van der Waals surface area contributed by atoms with Crippen LogP contribution in [0.2, 0.25) is 0 Å². The van der Waals surface area contributed by atoms with E-state index in [-0.39, 0.29) is 23.1 Å². The van der Waals surface area contributed by atoms with E-state index < -0.39 is 15.4 Å². The second-order valence-corrected chi connectivity index (χ2v) is 10.1. The van der Waals surface area contributed by atoms with Gasteiger partial charge in [-0.15, -0.1) is 11.8 Å². The maximum Gasteiger partial charge on any atom is 0.267 e. The van der Waals surface area contributed by atoms with Gasteiger partial charge in [0, 0.05) is 12.7 Å². The Bertz CT molecular complexity index is 1230. The number of rotatable bonds is 8. The number of amides is 1. The number of methoxy groups -OCH3 is 3. The van der Waals surface area contributed by atoms with Crippen LogP contribution in [0.4, 0.5) is 0 Å². The molecule has 1 atom stereocenters. The van der Waals surface area contributed by atoms with Crippen molar-refractivity contribution in [2.75, 3.05) is 27.1 Å². The highest BCUT2D eigenvalue weighted by molar-refractivity contribution is 8.00. The molecular formula is C23H24N2O6S2. The van der Waals surface area contributed by atoms with Gasteiger partial charge in [-0.05, 0) is 42.0 Å². The van der Waals surface area contributed by atoms with Crippen molar-refractivity contribution in [2.24, 2.45) is 0 Å². The smallest absolute Gasteiger partial charge is 0.267 e. The lowest BCUT2D eigenvalue weighted by Crippen LogP contribution is -2.29. The molecule has 3 aromatic rings. The first kappa shape index (κ1) is 23.1. The Morgan fingerprint density at radius 3 is 2.24 bits per heavy atom. The minimum atomic E-state index is -3.80. The molecule has 2 aromatic carbocycles. The molecule has 1 aliphatic rings. The topological polar surface area (TPSA) is 87.1 Å². The van der Waals surface area contributed by atoms with Crippen LogP contribution in [-0.4, -0.2) is 50.3 Å². The number of aromatic nitrogens is 1. The summed E-state index contributed by atoms with van der Waals surface area (Å²) >= 11 is 1.39. The highest BCUT2D eigenvalue weighted by Crippen LogP contribution is 2.43. The van der Waals surface area contributed by atoms with Crippen LogP contribution in [0.5, 0.6) is 17.2 Å². The maximum atomic E-state index is 13.3. The van der Waals surface area contributed by atoms with Gasteiger partial charge in [-0.3, -0.25) is 4.79 Å². The third-order valence-corrected chi connectivity index (χ3v) is 8.29. The van der Waals surface area contributed by atoms with Crippen molar-refractivity contribution in [3.05, 3.63) is 72.1 Å². The van der Waals surface area contributed by atoms with Crippen molar-refractivity contribution in [1.82, 2.24) is 8.87 Å². The van der Waals surface area contributed by atoms with E-state index in [1.54, 1.807) is 59.5 Å². The van der Waals surface area contributed by atoms with E-state index in [1.165, 1.54) is 43.3 Å². The molecule has 0 saturated carbocycles. The summed E-state index contributed by atoms with van der Waals surface area (Å²) in [6.45, 7) is 0.254. The number of thioether (sulfide) groups is 1. The van der Waals surface area contributed by atoms with Gasteiger partial charge in [0.05, 0.1) is 37.7 Å². The molecule has 1 aromatic heterocycles. The molecule has 0 bridgehead atoms. The van der Waals surface area contributed by atoms with Crippen molar-refractivity contribution >= 4 is 27.7 Å². The Morgan fingerprint density at radius 1 is 0.970 bits per heavy atom. The molecule has 0 spiro atoms. The fraction of sp³-hybridized carbons (Fsp3) is 0.261. The quantitative estimate of drug-likeness (QED) is 0.479. The second kappa shape index (κ2) is 9.40. The monoisotopic (exact) mass is 488 g/mol. The third kappa shape index (κ3) is 4.28. The van der Waals surface area contributed by atoms with E-state index in [2.05, 4.69) is 0 Å². The van der Waals surface area contributed by atoms with Crippen molar-refractivity contribution in [2.45, 2.75) is 16.8 Å². The lowest BCUT2D eigenvalue weighted by Gasteiger charge is -2.26. The summed E-state index contributed by atoms with van der Waals surface area (Å²) in [7, 11) is 0.786. The van der Waals surface area contributed by atoms with Crippen LogP contribution >= 0.6 is 11.8 Å². The highest BCUT2D eigenvalue weighted by Gasteiger charge is 2.36. The van der Waals surface area contributed by atoms with Crippen molar-refractivity contribution in [1.29, 1.82) is 0 Å². The summed E-state index contributed by atoms with van der Waals surface area (Å²) in [6, 6.07) is 15.2. The standard InChI is InChI=1S/C23H24N2O6S2/c1-29-19-12-16(13-20(30-2)22(19)31-3)14-24-21(26)15-32-23(24)18-10-7-11-25(18)33(27,28)17-8-5-4-6-9-17/h4-13,23H,14-15H2,1-3H3. The Hall–Kier alpha value is -3.11. The summed E-state index contributed by atoms with van der Waals surface area (Å²) in [4.78, 5) is 14.7. The molecule has 1 saturated heterocycles. The molecular weight excluding hydrogens is 464 g/mol. The molecule has 0 N–H and O–H groups in total. The first-order chi connectivity index (χ1) is 15.9. The third-order valence-electron chi connectivity index (χ3n) is 5.34. The van der Waals surface area contributed by atoms with E-state index in [0.717, 1.165) is 5.56 Å². The van der Waals surface area contributed by atoms with Gasteiger partial charge in [-0.25, -0.2) is 12.4 Å². The Labute approximate surface area is 197 Å². The summed E-state index contributed by atoms with van der Waals surface area (Å²) in [6.07, 6.45) is 1.51. The fourth-order valence-corrected chi connectivity index (χ4v) is 6.45. The van der Waals surface area contributed by atoms with Crippen LogP contribution in [0, 0.1) is 0 Å². The molecule has 8 nitrogen and oxygen atoms in total. The summed E-state index contributed by atoms with van der Waals surface area (Å²) < 4.78 is 44.0. The van der Waals surface area contributed by atoms with Crippen molar-refractivity contribution in [3.63, 3.8) is 0 Å². The minimum Gasteiger partial charge on any atom is -0.493 e.